The van der Waals surface area contributed by atoms with Crippen LogP contribution in [0.3, 0.4) is 0 Å². The lowest BCUT2D eigenvalue weighted by Crippen LogP contribution is -2.14. The average Bonchev–Trinajstić information content (AvgIpc) is 2.52. The molecule has 0 aliphatic carbocycles. The molecule has 0 spiro atoms. The maximum absolute atomic E-state index is 5.70. The number of thiocarbonyl (C=S) groups is 1. The molecule has 0 bridgehead atoms. The summed E-state index contributed by atoms with van der Waals surface area (Å²) in [6.45, 7) is 0.786. The second kappa shape index (κ2) is 8.00. The molecule has 2 N–H and O–H groups in total. The van der Waals surface area contributed by atoms with Crippen molar-refractivity contribution in [3.05, 3.63) is 52.5 Å². The molecule has 2 aromatic carbocycles. The Morgan fingerprint density at radius 2 is 1.82 bits per heavy atom. The molecule has 0 radical (unpaired) electrons. The van der Waals surface area contributed by atoms with Crippen molar-refractivity contribution in [2.45, 2.75) is 0 Å². The molecule has 116 valence electrons. The Bertz CT molecular complexity index is 664. The second-order valence-corrected chi connectivity index (χ2v) is 5.74. The van der Waals surface area contributed by atoms with E-state index < -0.39 is 0 Å². The van der Waals surface area contributed by atoms with Crippen molar-refractivity contribution in [3.63, 3.8) is 0 Å². The van der Waals surface area contributed by atoms with E-state index in [0.29, 0.717) is 29.5 Å². The van der Waals surface area contributed by atoms with E-state index in [1.807, 2.05) is 42.5 Å². The molecule has 4 nitrogen and oxygen atoms in total. The van der Waals surface area contributed by atoms with Gasteiger partial charge in [0.1, 0.15) is 35.5 Å². The van der Waals surface area contributed by atoms with Crippen molar-refractivity contribution < 1.29 is 14.2 Å². The largest absolute Gasteiger partial charge is 0.497 e. The van der Waals surface area contributed by atoms with E-state index in [4.69, 9.17) is 32.2 Å². The third-order valence-corrected chi connectivity index (χ3v) is 3.57. The van der Waals surface area contributed by atoms with Crippen LogP contribution in [0.1, 0.15) is 5.56 Å². The van der Waals surface area contributed by atoms with Crippen LogP contribution >= 0.6 is 28.1 Å². The topological polar surface area (TPSA) is 53.7 Å². The zero-order chi connectivity index (χ0) is 15.9. The summed E-state index contributed by atoms with van der Waals surface area (Å²) in [5, 5.41) is 0. The fourth-order valence-electron chi connectivity index (χ4n) is 1.82. The first-order valence-electron chi connectivity index (χ1n) is 6.59. The monoisotopic (exact) mass is 381 g/mol. The molecule has 0 saturated heterocycles. The van der Waals surface area contributed by atoms with Gasteiger partial charge in [-0.05, 0) is 30.3 Å². The zero-order valence-electron chi connectivity index (χ0n) is 12.0. The molecule has 0 aliphatic heterocycles. The molecule has 0 fully saturated rings. The van der Waals surface area contributed by atoms with Crippen LogP contribution in [0, 0.1) is 0 Å². The Kier molecular flexibility index (Phi) is 6.03. The van der Waals surface area contributed by atoms with Gasteiger partial charge in [0, 0.05) is 10.5 Å². The number of benzene rings is 2. The van der Waals surface area contributed by atoms with E-state index in [2.05, 4.69) is 15.9 Å². The van der Waals surface area contributed by atoms with Gasteiger partial charge >= 0.3 is 0 Å². The minimum absolute atomic E-state index is 0.296. The molecule has 0 unspecified atom stereocenters. The van der Waals surface area contributed by atoms with Gasteiger partial charge in [0.2, 0.25) is 0 Å². The maximum Gasteiger partial charge on any atom is 0.129 e. The van der Waals surface area contributed by atoms with E-state index in [0.717, 1.165) is 16.0 Å². The number of halogens is 1. The number of hydrogen-bond donors (Lipinski definition) is 1. The van der Waals surface area contributed by atoms with Crippen LogP contribution in [-0.2, 0) is 0 Å². The van der Waals surface area contributed by atoms with Crippen LogP contribution < -0.4 is 19.9 Å². The lowest BCUT2D eigenvalue weighted by molar-refractivity contribution is 0.216. The summed E-state index contributed by atoms with van der Waals surface area (Å²) in [6, 6.07) is 12.9. The summed E-state index contributed by atoms with van der Waals surface area (Å²) in [4.78, 5) is 0.296. The van der Waals surface area contributed by atoms with E-state index >= 15 is 0 Å². The summed E-state index contributed by atoms with van der Waals surface area (Å²) in [6.07, 6.45) is 0. The summed E-state index contributed by atoms with van der Waals surface area (Å²) in [5.74, 6) is 2.13. The minimum atomic E-state index is 0.296. The Morgan fingerprint density at radius 1 is 1.09 bits per heavy atom. The van der Waals surface area contributed by atoms with Crippen LogP contribution in [-0.4, -0.2) is 25.3 Å². The smallest absolute Gasteiger partial charge is 0.129 e. The quantitative estimate of drug-likeness (QED) is 0.586. The number of nitrogens with two attached hydrogens (primary N) is 1. The third-order valence-electron chi connectivity index (χ3n) is 2.86. The van der Waals surface area contributed by atoms with Crippen LogP contribution in [0.4, 0.5) is 0 Å². The van der Waals surface area contributed by atoms with Crippen LogP contribution in [0.15, 0.2) is 46.9 Å². The molecule has 6 heteroatoms. The first-order valence-corrected chi connectivity index (χ1v) is 7.79. The van der Waals surface area contributed by atoms with Gasteiger partial charge in [0.15, 0.2) is 0 Å². The fraction of sp³-hybridized carbons (Fsp3) is 0.188. The third kappa shape index (κ3) is 4.61. The molecular formula is C16H16BrNO3S. The number of hydrogen-bond acceptors (Lipinski definition) is 4. The molecule has 0 amide bonds. The van der Waals surface area contributed by atoms with E-state index in [1.54, 1.807) is 7.11 Å². The first kappa shape index (κ1) is 16.6. The van der Waals surface area contributed by atoms with Gasteiger partial charge in [-0.2, -0.15) is 0 Å². The van der Waals surface area contributed by atoms with Gasteiger partial charge in [0.25, 0.3) is 0 Å². The molecule has 22 heavy (non-hydrogen) atoms. The van der Waals surface area contributed by atoms with Crippen LogP contribution in [0.25, 0.3) is 0 Å². The van der Waals surface area contributed by atoms with Gasteiger partial charge in [-0.3, -0.25) is 0 Å². The molecule has 2 rings (SSSR count). The highest BCUT2D eigenvalue weighted by Crippen LogP contribution is 2.23. The molecule has 0 atom stereocenters. The van der Waals surface area contributed by atoms with Crippen LogP contribution in [0.5, 0.6) is 17.2 Å². The molecule has 0 saturated carbocycles. The van der Waals surface area contributed by atoms with Gasteiger partial charge in [0.05, 0.1) is 12.7 Å². The van der Waals surface area contributed by atoms with Crippen LogP contribution in [0.2, 0.25) is 0 Å². The predicted octanol–water partition coefficient (Wildman–Crippen LogP) is 3.55. The minimum Gasteiger partial charge on any atom is -0.497 e. The summed E-state index contributed by atoms with van der Waals surface area (Å²) in [5.41, 5.74) is 6.40. The summed E-state index contributed by atoms with van der Waals surface area (Å²) >= 11 is 8.41. The number of rotatable bonds is 7. The Hall–Kier alpha value is -1.79. The molecule has 0 aromatic heterocycles. The molecule has 0 heterocycles. The van der Waals surface area contributed by atoms with Crippen molar-refractivity contribution in [1.82, 2.24) is 0 Å². The van der Waals surface area contributed by atoms with Gasteiger partial charge in [-0.25, -0.2) is 0 Å². The van der Waals surface area contributed by atoms with Crippen molar-refractivity contribution in [3.8, 4) is 17.2 Å². The van der Waals surface area contributed by atoms with Gasteiger partial charge in [-0.15, -0.1) is 0 Å². The Labute approximate surface area is 143 Å². The molecule has 0 aliphatic rings. The van der Waals surface area contributed by atoms with Crippen molar-refractivity contribution >= 4 is 33.1 Å². The standard InChI is InChI=1S/C16H16BrNO3S/c1-19-12-3-2-4-13(10-12)20-7-8-21-15-6-5-11(17)9-14(15)16(18)22/h2-6,9-10H,7-8H2,1H3,(H2,18,22). The molecular weight excluding hydrogens is 366 g/mol. The van der Waals surface area contributed by atoms with Gasteiger partial charge < -0.3 is 19.9 Å². The van der Waals surface area contributed by atoms with Crippen molar-refractivity contribution in [2.75, 3.05) is 20.3 Å². The number of ether oxygens (including phenoxy) is 3. The zero-order valence-corrected chi connectivity index (χ0v) is 14.4. The second-order valence-electron chi connectivity index (χ2n) is 4.38. The highest BCUT2D eigenvalue weighted by Gasteiger charge is 2.07. The van der Waals surface area contributed by atoms with Crippen molar-refractivity contribution in [2.24, 2.45) is 5.73 Å². The van der Waals surface area contributed by atoms with E-state index in [9.17, 15) is 0 Å². The Balaban J connectivity index is 1.90. The van der Waals surface area contributed by atoms with Gasteiger partial charge in [-0.1, -0.05) is 34.2 Å². The Morgan fingerprint density at radius 3 is 2.55 bits per heavy atom. The van der Waals surface area contributed by atoms with E-state index in [-0.39, 0.29) is 0 Å². The highest BCUT2D eigenvalue weighted by atomic mass is 79.9. The number of methoxy groups -OCH3 is 1. The maximum atomic E-state index is 5.70. The summed E-state index contributed by atoms with van der Waals surface area (Å²) in [7, 11) is 1.62. The predicted molar refractivity (Wildman–Crippen MR) is 94.0 cm³/mol. The molecule has 2 aromatic rings. The fourth-order valence-corrected chi connectivity index (χ4v) is 2.34. The average molecular weight is 382 g/mol. The van der Waals surface area contributed by atoms with Crippen molar-refractivity contribution in [1.29, 1.82) is 0 Å². The van der Waals surface area contributed by atoms with E-state index in [1.165, 1.54) is 0 Å². The lowest BCUT2D eigenvalue weighted by atomic mass is 10.2. The summed E-state index contributed by atoms with van der Waals surface area (Å²) < 4.78 is 17.3. The highest BCUT2D eigenvalue weighted by molar-refractivity contribution is 9.10. The SMILES string of the molecule is COc1cccc(OCCOc2ccc(Br)cc2C(N)=S)c1. The lowest BCUT2D eigenvalue weighted by Gasteiger charge is -2.12. The normalized spacial score (nSPS) is 10.1. The first-order chi connectivity index (χ1) is 10.6.